The minimum absolute atomic E-state index is 0.0474. The summed E-state index contributed by atoms with van der Waals surface area (Å²) in [5, 5.41) is 14.8. The van der Waals surface area contributed by atoms with Crippen molar-refractivity contribution in [1.29, 1.82) is 0 Å². The van der Waals surface area contributed by atoms with Crippen LogP contribution in [-0.2, 0) is 37.1 Å². The third-order valence-electron chi connectivity index (χ3n) is 5.41. The van der Waals surface area contributed by atoms with Crippen molar-refractivity contribution in [2.45, 2.75) is 44.7 Å². The molecule has 0 saturated carbocycles. The Morgan fingerprint density at radius 3 is 2.14 bits per heavy atom. The molecular formula is C25H29N3O7. The Morgan fingerprint density at radius 2 is 1.54 bits per heavy atom. The molecule has 35 heavy (non-hydrogen) atoms. The minimum Gasteiger partial charge on any atom is -0.459 e. The number of hydrogen-bond donors (Lipinski definition) is 3. The maximum atomic E-state index is 12.9. The lowest BCUT2D eigenvalue weighted by Gasteiger charge is -2.26. The van der Waals surface area contributed by atoms with Gasteiger partial charge in [-0.2, -0.15) is 0 Å². The highest BCUT2D eigenvalue weighted by molar-refractivity contribution is 5.92. The van der Waals surface area contributed by atoms with E-state index >= 15 is 0 Å². The zero-order valence-corrected chi connectivity index (χ0v) is 19.4. The summed E-state index contributed by atoms with van der Waals surface area (Å²) in [7, 11) is 0. The molecule has 1 aliphatic heterocycles. The van der Waals surface area contributed by atoms with Crippen LogP contribution in [0.15, 0.2) is 60.7 Å². The van der Waals surface area contributed by atoms with Crippen molar-refractivity contribution in [2.24, 2.45) is 0 Å². The van der Waals surface area contributed by atoms with E-state index in [9.17, 15) is 24.3 Å². The van der Waals surface area contributed by atoms with Gasteiger partial charge in [-0.05, 0) is 18.1 Å². The predicted octanol–water partition coefficient (Wildman–Crippen LogP) is 1.12. The van der Waals surface area contributed by atoms with Gasteiger partial charge in [-0.25, -0.2) is 9.59 Å². The number of carbonyl (C=O) groups excluding carboxylic acids is 4. The van der Waals surface area contributed by atoms with E-state index < -0.39 is 48.6 Å². The first-order chi connectivity index (χ1) is 16.8. The summed E-state index contributed by atoms with van der Waals surface area (Å²) in [6.45, 7) is 1.13. The maximum Gasteiger partial charge on any atom is 0.407 e. The number of nitrogens with one attached hydrogen (secondary N) is 2. The molecule has 10 heteroatoms. The van der Waals surface area contributed by atoms with Crippen molar-refractivity contribution in [1.82, 2.24) is 15.5 Å². The van der Waals surface area contributed by atoms with Crippen LogP contribution >= 0.6 is 0 Å². The third-order valence-corrected chi connectivity index (χ3v) is 5.41. The van der Waals surface area contributed by atoms with Crippen LogP contribution in [0.5, 0.6) is 0 Å². The van der Waals surface area contributed by atoms with Gasteiger partial charge in [-0.1, -0.05) is 60.7 Å². The molecule has 10 nitrogen and oxygen atoms in total. The topological polar surface area (TPSA) is 134 Å². The minimum atomic E-state index is -0.987. The van der Waals surface area contributed by atoms with Gasteiger partial charge in [0.2, 0.25) is 11.8 Å². The van der Waals surface area contributed by atoms with E-state index in [1.54, 1.807) is 12.1 Å². The number of benzene rings is 2. The van der Waals surface area contributed by atoms with Crippen molar-refractivity contribution in [3.05, 3.63) is 71.8 Å². The van der Waals surface area contributed by atoms with Gasteiger partial charge in [0.05, 0.1) is 6.10 Å². The van der Waals surface area contributed by atoms with E-state index in [1.165, 1.54) is 11.8 Å². The van der Waals surface area contributed by atoms with Gasteiger partial charge in [0, 0.05) is 13.0 Å². The number of hydrogen-bond acceptors (Lipinski definition) is 7. The van der Waals surface area contributed by atoms with Gasteiger partial charge in [0.1, 0.15) is 31.8 Å². The second-order valence-corrected chi connectivity index (χ2v) is 8.19. The van der Waals surface area contributed by atoms with Gasteiger partial charge in [0.25, 0.3) is 0 Å². The number of aliphatic hydroxyl groups is 1. The number of nitrogens with zero attached hydrogens (tertiary/aromatic N) is 1. The largest absolute Gasteiger partial charge is 0.459 e. The summed E-state index contributed by atoms with van der Waals surface area (Å²) in [4.78, 5) is 50.7. The van der Waals surface area contributed by atoms with Gasteiger partial charge in [0.15, 0.2) is 0 Å². The smallest absolute Gasteiger partial charge is 0.407 e. The summed E-state index contributed by atoms with van der Waals surface area (Å²) in [6.07, 6.45) is -1.60. The lowest BCUT2D eigenvalue weighted by molar-refractivity contribution is -0.155. The van der Waals surface area contributed by atoms with Crippen molar-refractivity contribution >= 4 is 23.9 Å². The number of ether oxygens (including phenoxy) is 2. The fraction of sp³-hybridized carbons (Fsp3) is 0.360. The molecule has 2 aromatic carbocycles. The Balaban J connectivity index is 1.44. The molecule has 0 aromatic heterocycles. The highest BCUT2D eigenvalue weighted by Crippen LogP contribution is 2.21. The molecule has 0 bridgehead atoms. The lowest BCUT2D eigenvalue weighted by atomic mass is 10.2. The highest BCUT2D eigenvalue weighted by Gasteiger charge is 2.41. The summed E-state index contributed by atoms with van der Waals surface area (Å²) < 4.78 is 10.4. The fourth-order valence-corrected chi connectivity index (χ4v) is 3.64. The van der Waals surface area contributed by atoms with E-state index in [0.29, 0.717) is 0 Å². The monoisotopic (exact) mass is 483 g/mol. The van der Waals surface area contributed by atoms with E-state index in [0.717, 1.165) is 11.1 Å². The van der Waals surface area contributed by atoms with Gasteiger partial charge in [-0.15, -0.1) is 0 Å². The number of esters is 1. The second-order valence-electron chi connectivity index (χ2n) is 8.19. The predicted molar refractivity (Wildman–Crippen MR) is 125 cm³/mol. The zero-order chi connectivity index (χ0) is 25.2. The molecule has 0 unspecified atom stereocenters. The van der Waals surface area contributed by atoms with Crippen molar-refractivity contribution in [3.63, 3.8) is 0 Å². The summed E-state index contributed by atoms with van der Waals surface area (Å²) in [6, 6.07) is 16.2. The normalized spacial score (nSPS) is 17.8. The molecule has 3 amide bonds. The van der Waals surface area contributed by atoms with Crippen LogP contribution in [0.4, 0.5) is 4.79 Å². The molecule has 1 saturated heterocycles. The van der Waals surface area contributed by atoms with Gasteiger partial charge < -0.3 is 30.1 Å². The Kier molecular flexibility index (Phi) is 9.19. The van der Waals surface area contributed by atoms with E-state index in [4.69, 9.17) is 9.47 Å². The van der Waals surface area contributed by atoms with Gasteiger partial charge >= 0.3 is 12.1 Å². The van der Waals surface area contributed by atoms with Crippen LogP contribution in [-0.4, -0.2) is 65.2 Å². The number of likely N-dealkylation sites (tertiary alicyclic amines) is 1. The average molecular weight is 484 g/mol. The Hall–Kier alpha value is -3.92. The zero-order valence-electron chi connectivity index (χ0n) is 19.4. The molecule has 0 aliphatic carbocycles. The number of alkyl carbamates (subject to hydrolysis) is 1. The number of rotatable bonds is 9. The SMILES string of the molecule is C[C@H](NC(=O)CNC(=O)OCc1ccccc1)C(=O)N1C[C@H](O)C[C@@H]1C(=O)OCc1ccccc1. The molecule has 0 radical (unpaired) electrons. The fourth-order valence-electron chi connectivity index (χ4n) is 3.64. The standard InChI is InChI=1S/C25H29N3O7/c1-17(27-22(30)13-26-25(33)35-16-19-10-6-3-7-11-19)23(31)28-14-20(29)12-21(28)24(32)34-15-18-8-4-2-5-9-18/h2-11,17,20-21,29H,12-16H2,1H3,(H,26,33)(H,27,30)/t17-,20+,21+/m0/s1. The van der Waals surface area contributed by atoms with Gasteiger partial charge in [-0.3, -0.25) is 9.59 Å². The Morgan fingerprint density at radius 1 is 0.971 bits per heavy atom. The lowest BCUT2D eigenvalue weighted by Crippen LogP contribution is -2.52. The maximum absolute atomic E-state index is 12.9. The van der Waals surface area contributed by atoms with Crippen molar-refractivity contribution in [2.75, 3.05) is 13.1 Å². The van der Waals surface area contributed by atoms with E-state index in [1.807, 2.05) is 48.5 Å². The van der Waals surface area contributed by atoms with E-state index in [-0.39, 0.29) is 26.2 Å². The molecule has 3 atom stereocenters. The molecular weight excluding hydrogens is 454 g/mol. The molecule has 1 aliphatic rings. The van der Waals surface area contributed by atoms with Crippen LogP contribution in [0.3, 0.4) is 0 Å². The Bertz CT molecular complexity index is 1020. The quantitative estimate of drug-likeness (QED) is 0.455. The molecule has 0 spiro atoms. The molecule has 186 valence electrons. The highest BCUT2D eigenvalue weighted by atomic mass is 16.5. The first-order valence-electron chi connectivity index (χ1n) is 11.3. The van der Waals surface area contributed by atoms with E-state index in [2.05, 4.69) is 10.6 Å². The summed E-state index contributed by atoms with van der Waals surface area (Å²) >= 11 is 0. The Labute approximate surface area is 203 Å². The summed E-state index contributed by atoms with van der Waals surface area (Å²) in [5.41, 5.74) is 1.60. The number of aliphatic hydroxyl groups excluding tert-OH is 1. The number of β-amino-alcohol motifs (C(OH)–C–C–N with tert-alkyl or cyclic N) is 1. The van der Waals surface area contributed by atoms with Crippen LogP contribution in [0, 0.1) is 0 Å². The average Bonchev–Trinajstić information content (AvgIpc) is 3.27. The van der Waals surface area contributed by atoms with Crippen LogP contribution in [0.2, 0.25) is 0 Å². The van der Waals surface area contributed by atoms with Crippen molar-refractivity contribution < 1.29 is 33.8 Å². The van der Waals surface area contributed by atoms with Crippen LogP contribution < -0.4 is 10.6 Å². The molecule has 1 fully saturated rings. The summed E-state index contributed by atoms with van der Waals surface area (Å²) in [5.74, 6) is -1.77. The van der Waals surface area contributed by atoms with Crippen molar-refractivity contribution in [3.8, 4) is 0 Å². The molecule has 2 aromatic rings. The van der Waals surface area contributed by atoms with Crippen LogP contribution in [0.1, 0.15) is 24.5 Å². The molecule has 3 N–H and O–H groups in total. The molecule has 3 rings (SSSR count). The number of amides is 3. The first-order valence-corrected chi connectivity index (χ1v) is 11.3. The third kappa shape index (κ3) is 7.82. The van der Waals surface area contributed by atoms with Crippen LogP contribution in [0.25, 0.3) is 0 Å². The number of carbonyl (C=O) groups is 4. The first kappa shape index (κ1) is 25.7. The molecule has 1 heterocycles. The second kappa shape index (κ2) is 12.5.